The van der Waals surface area contributed by atoms with Crippen LogP contribution >= 0.6 is 0 Å². The summed E-state index contributed by atoms with van der Waals surface area (Å²) >= 11 is 0. The van der Waals surface area contributed by atoms with Gasteiger partial charge in [-0.25, -0.2) is 0 Å². The molecule has 1 saturated heterocycles. The highest BCUT2D eigenvalue weighted by Crippen LogP contribution is 2.29. The highest BCUT2D eigenvalue weighted by atomic mass is 16.4. The fourth-order valence-electron chi connectivity index (χ4n) is 2.23. The lowest BCUT2D eigenvalue weighted by Crippen LogP contribution is -2.69. The molecular formula is C13H15N3O2. The van der Waals surface area contributed by atoms with Crippen molar-refractivity contribution in [1.82, 2.24) is 5.32 Å². The van der Waals surface area contributed by atoms with Crippen LogP contribution in [-0.4, -0.2) is 36.8 Å². The van der Waals surface area contributed by atoms with E-state index in [-0.39, 0.29) is 12.0 Å². The van der Waals surface area contributed by atoms with E-state index in [1.54, 1.807) is 12.1 Å². The number of hydrogen-bond acceptors (Lipinski definition) is 4. The zero-order valence-electron chi connectivity index (χ0n) is 10.2. The van der Waals surface area contributed by atoms with E-state index in [0.717, 1.165) is 5.69 Å². The van der Waals surface area contributed by atoms with E-state index in [1.165, 1.54) is 0 Å². The molecule has 1 heterocycles. The maximum Gasteiger partial charge on any atom is 0.305 e. The fourth-order valence-corrected chi connectivity index (χ4v) is 2.23. The summed E-state index contributed by atoms with van der Waals surface area (Å²) in [7, 11) is 1.88. The quantitative estimate of drug-likeness (QED) is 0.821. The van der Waals surface area contributed by atoms with Crippen molar-refractivity contribution in [1.29, 1.82) is 5.26 Å². The number of likely N-dealkylation sites (N-methyl/N-ethyl adjacent to an activating group) is 1. The molecule has 0 radical (unpaired) electrons. The number of carboxylic acid groups (broad SMARTS) is 1. The van der Waals surface area contributed by atoms with Crippen molar-refractivity contribution in [2.45, 2.75) is 12.0 Å². The molecular weight excluding hydrogens is 230 g/mol. The SMILES string of the molecule is CN(c1cccc(C#N)c1)C1(CC(=O)O)CNC1. The van der Waals surface area contributed by atoms with Crippen LogP contribution in [0.4, 0.5) is 5.69 Å². The van der Waals surface area contributed by atoms with Crippen molar-refractivity contribution in [3.05, 3.63) is 29.8 Å². The number of aliphatic carboxylic acids is 1. The van der Waals surface area contributed by atoms with Gasteiger partial charge in [-0.05, 0) is 18.2 Å². The Labute approximate surface area is 106 Å². The zero-order chi connectivity index (χ0) is 13.2. The van der Waals surface area contributed by atoms with Crippen molar-refractivity contribution in [2.24, 2.45) is 0 Å². The van der Waals surface area contributed by atoms with Crippen molar-refractivity contribution < 1.29 is 9.90 Å². The summed E-state index contributed by atoms with van der Waals surface area (Å²) in [5, 5.41) is 21.0. The summed E-state index contributed by atoms with van der Waals surface area (Å²) < 4.78 is 0. The molecule has 0 bridgehead atoms. The van der Waals surface area contributed by atoms with Gasteiger partial charge in [0.25, 0.3) is 0 Å². The summed E-state index contributed by atoms with van der Waals surface area (Å²) in [6.07, 6.45) is 0.0906. The normalized spacial score (nSPS) is 16.4. The Bertz CT molecular complexity index is 503. The molecule has 0 amide bonds. The number of benzene rings is 1. The van der Waals surface area contributed by atoms with Gasteiger partial charge in [-0.3, -0.25) is 4.79 Å². The first-order valence-corrected chi connectivity index (χ1v) is 5.74. The van der Waals surface area contributed by atoms with Crippen LogP contribution in [-0.2, 0) is 4.79 Å². The van der Waals surface area contributed by atoms with Gasteiger partial charge in [0.1, 0.15) is 0 Å². The van der Waals surface area contributed by atoms with Crippen LogP contribution in [0.25, 0.3) is 0 Å². The third-order valence-corrected chi connectivity index (χ3v) is 3.46. The van der Waals surface area contributed by atoms with E-state index in [0.29, 0.717) is 18.7 Å². The minimum Gasteiger partial charge on any atom is -0.481 e. The van der Waals surface area contributed by atoms with Gasteiger partial charge >= 0.3 is 5.97 Å². The van der Waals surface area contributed by atoms with Crippen molar-refractivity contribution in [3.63, 3.8) is 0 Å². The number of carboxylic acids is 1. The van der Waals surface area contributed by atoms with Crippen molar-refractivity contribution in [2.75, 3.05) is 25.0 Å². The molecule has 1 aliphatic rings. The number of nitrogens with zero attached hydrogens (tertiary/aromatic N) is 2. The van der Waals surface area contributed by atoms with Crippen molar-refractivity contribution >= 4 is 11.7 Å². The minimum atomic E-state index is -0.806. The Morgan fingerprint density at radius 1 is 1.61 bits per heavy atom. The molecule has 94 valence electrons. The molecule has 5 nitrogen and oxygen atoms in total. The first-order chi connectivity index (χ1) is 8.57. The maximum atomic E-state index is 11.0. The van der Waals surface area contributed by atoms with Gasteiger partial charge in [0.15, 0.2) is 0 Å². The number of hydrogen-bond donors (Lipinski definition) is 2. The van der Waals surface area contributed by atoms with E-state index < -0.39 is 5.97 Å². The zero-order valence-corrected chi connectivity index (χ0v) is 10.2. The average Bonchev–Trinajstić information content (AvgIpc) is 2.33. The fraction of sp³-hybridized carbons (Fsp3) is 0.385. The van der Waals surface area contributed by atoms with Crippen LogP contribution in [0.1, 0.15) is 12.0 Å². The Morgan fingerprint density at radius 2 is 2.33 bits per heavy atom. The largest absolute Gasteiger partial charge is 0.481 e. The highest BCUT2D eigenvalue weighted by molar-refractivity contribution is 5.70. The second-order valence-electron chi connectivity index (χ2n) is 4.62. The first kappa shape index (κ1) is 12.4. The summed E-state index contributed by atoms with van der Waals surface area (Å²) in [6.45, 7) is 1.29. The van der Waals surface area contributed by atoms with E-state index in [2.05, 4.69) is 11.4 Å². The van der Waals surface area contributed by atoms with Gasteiger partial charge in [0, 0.05) is 25.8 Å². The first-order valence-electron chi connectivity index (χ1n) is 5.74. The molecule has 0 atom stereocenters. The number of nitrogens with one attached hydrogen (secondary N) is 1. The molecule has 0 saturated carbocycles. The topological polar surface area (TPSA) is 76.4 Å². The Balaban J connectivity index is 2.26. The van der Waals surface area contributed by atoms with Gasteiger partial charge in [-0.1, -0.05) is 6.07 Å². The van der Waals surface area contributed by atoms with E-state index in [4.69, 9.17) is 10.4 Å². The molecule has 0 unspecified atom stereocenters. The lowest BCUT2D eigenvalue weighted by molar-refractivity contribution is -0.138. The average molecular weight is 245 g/mol. The third-order valence-electron chi connectivity index (χ3n) is 3.46. The Morgan fingerprint density at radius 3 is 2.83 bits per heavy atom. The molecule has 0 aromatic heterocycles. The lowest BCUT2D eigenvalue weighted by Gasteiger charge is -2.49. The molecule has 2 rings (SSSR count). The van der Waals surface area contributed by atoms with Crippen LogP contribution < -0.4 is 10.2 Å². The molecule has 5 heteroatoms. The summed E-state index contributed by atoms with van der Waals surface area (Å²) in [5.41, 5.74) is 1.06. The standard InChI is InChI=1S/C13H15N3O2/c1-16(11-4-2-3-10(5-11)7-14)13(6-12(17)18)8-15-9-13/h2-5,15H,6,8-9H2,1H3,(H,17,18). The number of rotatable bonds is 4. The maximum absolute atomic E-state index is 11.0. The second kappa shape index (κ2) is 4.67. The molecule has 1 aromatic carbocycles. The Hall–Kier alpha value is -2.06. The lowest BCUT2D eigenvalue weighted by atomic mass is 9.86. The second-order valence-corrected chi connectivity index (χ2v) is 4.62. The Kier molecular flexibility index (Phi) is 3.21. The third kappa shape index (κ3) is 2.15. The molecule has 1 fully saturated rings. The monoisotopic (exact) mass is 245 g/mol. The van der Waals surface area contributed by atoms with Gasteiger partial charge in [-0.15, -0.1) is 0 Å². The summed E-state index contributed by atoms with van der Waals surface area (Å²) in [4.78, 5) is 12.9. The van der Waals surface area contributed by atoms with Gasteiger partial charge in [-0.2, -0.15) is 5.26 Å². The highest BCUT2D eigenvalue weighted by Gasteiger charge is 2.42. The van der Waals surface area contributed by atoms with Crippen LogP contribution in [0.15, 0.2) is 24.3 Å². The predicted octanol–water partition coefficient (Wildman–Crippen LogP) is 0.811. The molecule has 0 aliphatic carbocycles. The molecule has 2 N–H and O–H groups in total. The van der Waals surface area contributed by atoms with Crippen LogP contribution in [0.3, 0.4) is 0 Å². The minimum absolute atomic E-state index is 0.0906. The molecule has 18 heavy (non-hydrogen) atoms. The van der Waals surface area contributed by atoms with Crippen LogP contribution in [0.5, 0.6) is 0 Å². The predicted molar refractivity (Wildman–Crippen MR) is 67.4 cm³/mol. The number of carbonyl (C=O) groups is 1. The van der Waals surface area contributed by atoms with Gasteiger partial charge in [0.2, 0.25) is 0 Å². The van der Waals surface area contributed by atoms with E-state index in [1.807, 2.05) is 24.1 Å². The van der Waals surface area contributed by atoms with Gasteiger partial charge < -0.3 is 15.3 Å². The number of anilines is 1. The molecule has 1 aliphatic heterocycles. The summed E-state index contributed by atoms with van der Waals surface area (Å²) in [5.74, 6) is -0.806. The van der Waals surface area contributed by atoms with Gasteiger partial charge in [0.05, 0.1) is 23.6 Å². The molecule has 1 aromatic rings. The van der Waals surface area contributed by atoms with E-state index >= 15 is 0 Å². The van der Waals surface area contributed by atoms with E-state index in [9.17, 15) is 4.79 Å². The smallest absolute Gasteiger partial charge is 0.305 e. The summed E-state index contributed by atoms with van der Waals surface area (Å²) in [6, 6.07) is 9.31. The number of nitriles is 1. The van der Waals surface area contributed by atoms with Crippen molar-refractivity contribution in [3.8, 4) is 6.07 Å². The van der Waals surface area contributed by atoms with Crippen LogP contribution in [0, 0.1) is 11.3 Å². The van der Waals surface area contributed by atoms with Crippen LogP contribution in [0.2, 0.25) is 0 Å². The molecule has 0 spiro atoms.